The van der Waals surface area contributed by atoms with Crippen molar-refractivity contribution < 1.29 is 0 Å². The van der Waals surface area contributed by atoms with Crippen molar-refractivity contribution in [1.29, 1.82) is 0 Å². The van der Waals surface area contributed by atoms with Crippen LogP contribution in [0.4, 0.5) is 5.69 Å². The van der Waals surface area contributed by atoms with Gasteiger partial charge in [0.2, 0.25) is 0 Å². The molecule has 1 saturated heterocycles. The Morgan fingerprint density at radius 2 is 1.65 bits per heavy atom. The van der Waals surface area contributed by atoms with Crippen molar-refractivity contribution in [1.82, 2.24) is 0 Å². The van der Waals surface area contributed by atoms with Crippen LogP contribution in [-0.4, -0.2) is 19.1 Å². The molecule has 1 heterocycles. The summed E-state index contributed by atoms with van der Waals surface area (Å²) in [5.41, 5.74) is 8.78. The lowest BCUT2D eigenvalue weighted by Gasteiger charge is -2.30. The van der Waals surface area contributed by atoms with E-state index in [0.29, 0.717) is 0 Å². The van der Waals surface area contributed by atoms with Crippen molar-refractivity contribution >= 4 is 5.69 Å². The summed E-state index contributed by atoms with van der Waals surface area (Å²) >= 11 is 0. The van der Waals surface area contributed by atoms with Gasteiger partial charge in [0.05, 0.1) is 0 Å². The van der Waals surface area contributed by atoms with Gasteiger partial charge >= 0.3 is 0 Å². The fourth-order valence-corrected chi connectivity index (χ4v) is 2.34. The molecule has 0 saturated carbocycles. The second-order valence-electron chi connectivity index (χ2n) is 5.75. The van der Waals surface area contributed by atoms with Crippen LogP contribution in [0.5, 0.6) is 0 Å². The first-order valence-electron chi connectivity index (χ1n) is 6.63. The van der Waals surface area contributed by atoms with Crippen LogP contribution in [0.2, 0.25) is 0 Å². The van der Waals surface area contributed by atoms with Crippen molar-refractivity contribution in [3.8, 4) is 0 Å². The van der Waals surface area contributed by atoms with Gasteiger partial charge in [0.15, 0.2) is 0 Å². The highest BCUT2D eigenvalue weighted by Crippen LogP contribution is 2.28. The maximum atomic E-state index is 6.05. The minimum atomic E-state index is 0.0452. The molecule has 1 aliphatic heterocycles. The van der Waals surface area contributed by atoms with Gasteiger partial charge in [0.25, 0.3) is 0 Å². The Kier molecular flexibility index (Phi) is 3.43. The van der Waals surface area contributed by atoms with Crippen LogP contribution >= 0.6 is 0 Å². The van der Waals surface area contributed by atoms with Crippen LogP contribution in [0, 0.1) is 0 Å². The summed E-state index contributed by atoms with van der Waals surface area (Å²) in [5, 5.41) is 0. The number of nitrogens with zero attached hydrogens (tertiary/aromatic N) is 1. The molecule has 1 aromatic carbocycles. The van der Waals surface area contributed by atoms with Crippen LogP contribution in [0.15, 0.2) is 24.3 Å². The molecule has 0 radical (unpaired) electrons. The molecule has 2 nitrogen and oxygen atoms in total. The molecule has 0 amide bonds. The predicted octanol–water partition coefficient (Wildman–Crippen LogP) is 2.91. The van der Waals surface area contributed by atoms with E-state index >= 15 is 0 Å². The smallest absolute Gasteiger partial charge is 0.0366 e. The first-order valence-corrected chi connectivity index (χ1v) is 6.63. The molecule has 2 heteroatoms. The fourth-order valence-electron chi connectivity index (χ4n) is 2.34. The second-order valence-corrected chi connectivity index (χ2v) is 5.75. The predicted molar refractivity (Wildman–Crippen MR) is 74.6 cm³/mol. The molecule has 0 bridgehead atoms. The third-order valence-corrected chi connectivity index (χ3v) is 4.22. The van der Waals surface area contributed by atoms with E-state index in [2.05, 4.69) is 49.9 Å². The summed E-state index contributed by atoms with van der Waals surface area (Å²) in [4.78, 5) is 2.46. The molecule has 94 valence electrons. The summed E-state index contributed by atoms with van der Waals surface area (Å²) in [6.07, 6.45) is 2.65. The van der Waals surface area contributed by atoms with Gasteiger partial charge in [-0.15, -0.1) is 0 Å². The first kappa shape index (κ1) is 12.4. The molecule has 1 fully saturated rings. The molecule has 2 N–H and O–H groups in total. The SMILES string of the molecule is CC(N)C(C)(C)c1ccc(N2CCCC2)cc1. The zero-order valence-corrected chi connectivity index (χ0v) is 11.2. The molecule has 17 heavy (non-hydrogen) atoms. The minimum absolute atomic E-state index is 0.0452. The van der Waals surface area contributed by atoms with Crippen LogP contribution in [0.1, 0.15) is 39.2 Å². The standard InChI is InChI=1S/C15H24N2/c1-12(16)15(2,3)13-6-8-14(9-7-13)17-10-4-5-11-17/h6-9,12H,4-5,10-11,16H2,1-3H3. The maximum Gasteiger partial charge on any atom is 0.0366 e. The van der Waals surface area contributed by atoms with E-state index in [1.54, 1.807) is 0 Å². The van der Waals surface area contributed by atoms with E-state index < -0.39 is 0 Å². The summed E-state index contributed by atoms with van der Waals surface area (Å²) in [7, 11) is 0. The normalized spacial score (nSPS) is 18.5. The van der Waals surface area contributed by atoms with Gasteiger partial charge in [-0.2, -0.15) is 0 Å². The summed E-state index contributed by atoms with van der Waals surface area (Å²) in [5.74, 6) is 0. The van der Waals surface area contributed by atoms with Gasteiger partial charge in [-0.25, -0.2) is 0 Å². The minimum Gasteiger partial charge on any atom is -0.372 e. The van der Waals surface area contributed by atoms with E-state index in [9.17, 15) is 0 Å². The van der Waals surface area contributed by atoms with Crippen LogP contribution < -0.4 is 10.6 Å². The molecule has 2 rings (SSSR count). The molecular formula is C15H24N2. The molecule has 1 unspecified atom stereocenters. The summed E-state index contributed by atoms with van der Waals surface area (Å²) in [6, 6.07) is 9.11. The number of anilines is 1. The summed E-state index contributed by atoms with van der Waals surface area (Å²) < 4.78 is 0. The van der Waals surface area contributed by atoms with Crippen LogP contribution in [-0.2, 0) is 5.41 Å². The van der Waals surface area contributed by atoms with Crippen molar-refractivity contribution in [2.45, 2.75) is 45.1 Å². The molecule has 0 aromatic heterocycles. The van der Waals surface area contributed by atoms with Crippen molar-refractivity contribution in [2.75, 3.05) is 18.0 Å². The Hall–Kier alpha value is -1.02. The number of benzene rings is 1. The lowest BCUT2D eigenvalue weighted by Crippen LogP contribution is -2.38. The lowest BCUT2D eigenvalue weighted by atomic mass is 9.79. The van der Waals surface area contributed by atoms with Crippen molar-refractivity contribution in [3.05, 3.63) is 29.8 Å². The molecule has 1 atom stereocenters. The Labute approximate surface area is 105 Å². The number of hydrogen-bond acceptors (Lipinski definition) is 2. The largest absolute Gasteiger partial charge is 0.372 e. The topological polar surface area (TPSA) is 29.3 Å². The van der Waals surface area contributed by atoms with Gasteiger partial charge in [0, 0.05) is 30.2 Å². The average Bonchev–Trinajstić information content (AvgIpc) is 2.82. The van der Waals surface area contributed by atoms with Gasteiger partial charge < -0.3 is 10.6 Å². The highest BCUT2D eigenvalue weighted by atomic mass is 15.1. The average molecular weight is 232 g/mol. The number of hydrogen-bond donors (Lipinski definition) is 1. The van der Waals surface area contributed by atoms with Crippen molar-refractivity contribution in [3.63, 3.8) is 0 Å². The fraction of sp³-hybridized carbons (Fsp3) is 0.600. The summed E-state index contributed by atoms with van der Waals surface area (Å²) in [6.45, 7) is 8.91. The van der Waals surface area contributed by atoms with Crippen molar-refractivity contribution in [2.24, 2.45) is 5.73 Å². The molecular weight excluding hydrogens is 208 g/mol. The quantitative estimate of drug-likeness (QED) is 0.868. The third kappa shape index (κ3) is 2.47. The zero-order chi connectivity index (χ0) is 12.5. The van der Waals surface area contributed by atoms with E-state index in [1.807, 2.05) is 0 Å². The number of nitrogens with two attached hydrogens (primary N) is 1. The Balaban J connectivity index is 2.17. The van der Waals surface area contributed by atoms with E-state index in [1.165, 1.54) is 37.2 Å². The Morgan fingerprint density at radius 1 is 1.12 bits per heavy atom. The second kappa shape index (κ2) is 4.69. The van der Waals surface area contributed by atoms with E-state index in [4.69, 9.17) is 5.73 Å². The van der Waals surface area contributed by atoms with Gasteiger partial charge in [0.1, 0.15) is 0 Å². The molecule has 1 aliphatic rings. The zero-order valence-electron chi connectivity index (χ0n) is 11.2. The van der Waals surface area contributed by atoms with Crippen LogP contribution in [0.3, 0.4) is 0 Å². The van der Waals surface area contributed by atoms with Gasteiger partial charge in [-0.05, 0) is 37.5 Å². The number of rotatable bonds is 3. The molecule has 0 aliphatic carbocycles. The first-order chi connectivity index (χ1) is 8.01. The maximum absolute atomic E-state index is 6.05. The van der Waals surface area contributed by atoms with Crippen LogP contribution in [0.25, 0.3) is 0 Å². The Morgan fingerprint density at radius 3 is 2.12 bits per heavy atom. The van der Waals surface area contributed by atoms with Gasteiger partial charge in [-0.3, -0.25) is 0 Å². The van der Waals surface area contributed by atoms with Gasteiger partial charge in [-0.1, -0.05) is 26.0 Å². The Bertz CT molecular complexity index is 359. The molecule has 0 spiro atoms. The lowest BCUT2D eigenvalue weighted by molar-refractivity contribution is 0.434. The monoisotopic (exact) mass is 232 g/mol. The third-order valence-electron chi connectivity index (χ3n) is 4.22. The highest BCUT2D eigenvalue weighted by molar-refractivity contribution is 5.49. The van der Waals surface area contributed by atoms with E-state index in [0.717, 1.165) is 0 Å². The van der Waals surface area contributed by atoms with E-state index in [-0.39, 0.29) is 11.5 Å². The highest BCUT2D eigenvalue weighted by Gasteiger charge is 2.25. The molecule has 1 aromatic rings.